The standard InChI is InChI=1S/C15H16ClF3N2O4S/c16-10-3-1-2-4-12(10)26(23,24)21-7-8-25-11(9-21)13(22)20-14(5-6-14)15(17,18)19/h1-4,11H,5-9H2,(H,20,22). The van der Waals surface area contributed by atoms with Gasteiger partial charge in [-0.1, -0.05) is 23.7 Å². The van der Waals surface area contributed by atoms with E-state index < -0.39 is 33.7 Å². The monoisotopic (exact) mass is 412 g/mol. The Morgan fingerprint density at radius 2 is 1.96 bits per heavy atom. The molecular formula is C15H16ClF3N2O4S. The van der Waals surface area contributed by atoms with Crippen LogP contribution in [0.4, 0.5) is 13.2 Å². The molecule has 26 heavy (non-hydrogen) atoms. The third-order valence-corrected chi connectivity index (χ3v) is 6.80. The average molecular weight is 413 g/mol. The summed E-state index contributed by atoms with van der Waals surface area (Å²) in [6.45, 7) is -0.518. The van der Waals surface area contributed by atoms with Gasteiger partial charge in [0.15, 0.2) is 0 Å². The number of amides is 1. The number of rotatable bonds is 4. The highest BCUT2D eigenvalue weighted by molar-refractivity contribution is 7.89. The van der Waals surface area contributed by atoms with E-state index in [0.29, 0.717) is 0 Å². The van der Waals surface area contributed by atoms with Gasteiger partial charge in [0.1, 0.15) is 16.5 Å². The molecular weight excluding hydrogens is 397 g/mol. The van der Waals surface area contributed by atoms with Crippen molar-refractivity contribution in [2.45, 2.75) is 35.6 Å². The Kier molecular flexibility index (Phi) is 4.97. The number of halogens is 4. The van der Waals surface area contributed by atoms with Gasteiger partial charge in [0.05, 0.1) is 11.6 Å². The molecule has 1 atom stereocenters. The summed E-state index contributed by atoms with van der Waals surface area (Å²) < 4.78 is 70.5. The first kappa shape index (κ1) is 19.4. The lowest BCUT2D eigenvalue weighted by Crippen LogP contribution is -2.56. The molecule has 3 rings (SSSR count). The Labute approximate surface area is 153 Å². The number of nitrogens with one attached hydrogen (secondary N) is 1. The molecule has 144 valence electrons. The molecule has 1 saturated carbocycles. The number of nitrogens with zero attached hydrogens (tertiary/aromatic N) is 1. The summed E-state index contributed by atoms with van der Waals surface area (Å²) in [5.74, 6) is -0.973. The van der Waals surface area contributed by atoms with Crippen LogP contribution in [0.15, 0.2) is 29.2 Å². The first-order valence-electron chi connectivity index (χ1n) is 7.82. The Balaban J connectivity index is 1.74. The normalized spacial score (nSPS) is 23.5. The molecule has 1 aliphatic carbocycles. The van der Waals surface area contributed by atoms with Crippen molar-refractivity contribution in [3.8, 4) is 0 Å². The number of alkyl halides is 3. The van der Waals surface area contributed by atoms with Gasteiger partial charge in [0.25, 0.3) is 5.91 Å². The van der Waals surface area contributed by atoms with Gasteiger partial charge >= 0.3 is 6.18 Å². The molecule has 1 aliphatic heterocycles. The molecule has 0 radical (unpaired) electrons. The molecule has 1 N–H and O–H groups in total. The zero-order valence-electron chi connectivity index (χ0n) is 13.4. The summed E-state index contributed by atoms with van der Waals surface area (Å²) >= 11 is 5.93. The fourth-order valence-electron chi connectivity index (χ4n) is 2.72. The van der Waals surface area contributed by atoms with Crippen LogP contribution in [0.2, 0.25) is 5.02 Å². The van der Waals surface area contributed by atoms with Crippen molar-refractivity contribution in [3.05, 3.63) is 29.3 Å². The maximum Gasteiger partial charge on any atom is 0.411 e. The van der Waals surface area contributed by atoms with Gasteiger partial charge in [0.2, 0.25) is 10.0 Å². The maximum atomic E-state index is 13.0. The summed E-state index contributed by atoms with van der Waals surface area (Å²) in [4.78, 5) is 12.1. The minimum atomic E-state index is -4.55. The maximum absolute atomic E-state index is 13.0. The molecule has 2 fully saturated rings. The molecule has 1 aromatic rings. The molecule has 0 aromatic heterocycles. The number of benzene rings is 1. The van der Waals surface area contributed by atoms with Gasteiger partial charge in [-0.2, -0.15) is 17.5 Å². The zero-order valence-corrected chi connectivity index (χ0v) is 15.0. The number of ether oxygens (including phenoxy) is 1. The molecule has 11 heteroatoms. The quantitative estimate of drug-likeness (QED) is 0.820. The number of hydrogen-bond acceptors (Lipinski definition) is 4. The van der Waals surface area contributed by atoms with E-state index >= 15 is 0 Å². The Bertz CT molecular complexity index is 811. The van der Waals surface area contributed by atoms with E-state index in [1.165, 1.54) is 18.2 Å². The molecule has 1 unspecified atom stereocenters. The van der Waals surface area contributed by atoms with Crippen LogP contribution >= 0.6 is 11.6 Å². The summed E-state index contributed by atoms with van der Waals surface area (Å²) in [6, 6.07) is 5.82. The number of morpholine rings is 1. The van der Waals surface area contributed by atoms with E-state index in [1.807, 2.05) is 5.32 Å². The minimum Gasteiger partial charge on any atom is -0.366 e. The van der Waals surface area contributed by atoms with Crippen molar-refractivity contribution in [2.75, 3.05) is 19.7 Å². The second-order valence-corrected chi connectivity index (χ2v) is 8.54. The van der Waals surface area contributed by atoms with E-state index in [-0.39, 0.29) is 42.5 Å². The molecule has 1 amide bonds. The highest BCUT2D eigenvalue weighted by Gasteiger charge is 2.64. The average Bonchev–Trinajstić information content (AvgIpc) is 3.36. The second kappa shape index (κ2) is 6.66. The lowest BCUT2D eigenvalue weighted by atomic mass is 10.2. The number of hydrogen-bond donors (Lipinski definition) is 1. The van der Waals surface area contributed by atoms with Crippen LogP contribution in [-0.2, 0) is 19.6 Å². The molecule has 0 spiro atoms. The summed E-state index contributed by atoms with van der Waals surface area (Å²) in [6.07, 6.45) is -6.27. The molecule has 1 saturated heterocycles. The van der Waals surface area contributed by atoms with E-state index in [1.54, 1.807) is 6.07 Å². The summed E-state index contributed by atoms with van der Waals surface area (Å²) in [5, 5.41) is 1.99. The Morgan fingerprint density at radius 3 is 2.54 bits per heavy atom. The first-order chi connectivity index (χ1) is 12.1. The highest BCUT2D eigenvalue weighted by Crippen LogP contribution is 2.49. The van der Waals surface area contributed by atoms with Gasteiger partial charge in [-0.15, -0.1) is 0 Å². The van der Waals surface area contributed by atoms with E-state index in [4.69, 9.17) is 16.3 Å². The third kappa shape index (κ3) is 3.55. The van der Waals surface area contributed by atoms with Gasteiger partial charge in [-0.3, -0.25) is 4.79 Å². The number of carbonyl (C=O) groups is 1. The van der Waals surface area contributed by atoms with Crippen molar-refractivity contribution in [1.29, 1.82) is 0 Å². The smallest absolute Gasteiger partial charge is 0.366 e. The SMILES string of the molecule is O=C(NC1(C(F)(F)F)CC1)C1CN(S(=O)(=O)c2ccccc2Cl)CCO1. The molecule has 6 nitrogen and oxygen atoms in total. The first-order valence-corrected chi connectivity index (χ1v) is 9.64. The van der Waals surface area contributed by atoms with Crippen LogP contribution in [0.1, 0.15) is 12.8 Å². The van der Waals surface area contributed by atoms with Crippen molar-refractivity contribution in [3.63, 3.8) is 0 Å². The van der Waals surface area contributed by atoms with Crippen LogP contribution in [0.5, 0.6) is 0 Å². The van der Waals surface area contributed by atoms with E-state index in [9.17, 15) is 26.4 Å². The molecule has 0 bridgehead atoms. The largest absolute Gasteiger partial charge is 0.411 e. The number of carbonyl (C=O) groups excluding carboxylic acids is 1. The van der Waals surface area contributed by atoms with Crippen molar-refractivity contribution in [1.82, 2.24) is 9.62 Å². The summed E-state index contributed by atoms with van der Waals surface area (Å²) in [7, 11) is -4.00. The van der Waals surface area contributed by atoms with Gasteiger partial charge in [-0.25, -0.2) is 8.42 Å². The van der Waals surface area contributed by atoms with Crippen molar-refractivity contribution < 1.29 is 31.1 Å². The molecule has 1 heterocycles. The van der Waals surface area contributed by atoms with Crippen LogP contribution in [0.25, 0.3) is 0 Å². The van der Waals surface area contributed by atoms with Crippen LogP contribution < -0.4 is 5.32 Å². The zero-order chi connectivity index (χ0) is 19.2. The predicted molar refractivity (Wildman–Crippen MR) is 86.1 cm³/mol. The topological polar surface area (TPSA) is 75.7 Å². The van der Waals surface area contributed by atoms with Gasteiger partial charge in [0, 0.05) is 13.1 Å². The summed E-state index contributed by atoms with van der Waals surface area (Å²) in [5.41, 5.74) is -2.22. The lowest BCUT2D eigenvalue weighted by molar-refractivity contribution is -0.174. The van der Waals surface area contributed by atoms with Crippen LogP contribution in [-0.4, -0.2) is 56.1 Å². The third-order valence-electron chi connectivity index (χ3n) is 4.43. The van der Waals surface area contributed by atoms with Crippen LogP contribution in [0.3, 0.4) is 0 Å². The number of sulfonamides is 1. The van der Waals surface area contributed by atoms with Gasteiger partial charge < -0.3 is 10.1 Å². The van der Waals surface area contributed by atoms with Crippen molar-refractivity contribution in [2.24, 2.45) is 0 Å². The van der Waals surface area contributed by atoms with Gasteiger partial charge in [-0.05, 0) is 25.0 Å². The minimum absolute atomic E-state index is 0.0222. The fraction of sp³-hybridized carbons (Fsp3) is 0.533. The van der Waals surface area contributed by atoms with E-state index in [2.05, 4.69) is 0 Å². The van der Waals surface area contributed by atoms with E-state index in [0.717, 1.165) is 4.31 Å². The lowest BCUT2D eigenvalue weighted by Gasteiger charge is -2.32. The molecule has 2 aliphatic rings. The Hall–Kier alpha value is -1.36. The predicted octanol–water partition coefficient (Wildman–Crippen LogP) is 1.94. The van der Waals surface area contributed by atoms with Crippen molar-refractivity contribution >= 4 is 27.5 Å². The highest BCUT2D eigenvalue weighted by atomic mass is 35.5. The molecule has 1 aromatic carbocycles. The van der Waals surface area contributed by atoms with Crippen LogP contribution in [0, 0.1) is 0 Å². The second-order valence-electron chi connectivity index (χ2n) is 6.22. The Morgan fingerprint density at radius 1 is 1.31 bits per heavy atom. The fourth-order valence-corrected chi connectivity index (χ4v) is 4.63.